The molecule has 0 bridgehead atoms. The molecule has 0 heterocycles. The summed E-state index contributed by atoms with van der Waals surface area (Å²) < 4.78 is 26.4. The first-order valence-electron chi connectivity index (χ1n) is 6.59. The highest BCUT2D eigenvalue weighted by Gasteiger charge is 2.21. The summed E-state index contributed by atoms with van der Waals surface area (Å²) in [6.45, 7) is 4.34. The molecule has 3 nitrogen and oxygen atoms in total. The Morgan fingerprint density at radius 2 is 1.81 bits per heavy atom. The summed E-state index contributed by atoms with van der Waals surface area (Å²) in [6.07, 6.45) is 0. The van der Waals surface area contributed by atoms with E-state index < -0.39 is 10.0 Å². The maximum absolute atomic E-state index is 12.5. The summed E-state index contributed by atoms with van der Waals surface area (Å²) in [6, 6.07) is 12.3. The fourth-order valence-corrected chi connectivity index (χ4v) is 3.61. The monoisotopic (exact) mass is 323 g/mol. The molecule has 0 radical (unpaired) electrons. The molecule has 0 aromatic heterocycles. The number of hydrogen-bond acceptors (Lipinski definition) is 2. The summed E-state index contributed by atoms with van der Waals surface area (Å²) in [7, 11) is -1.96. The molecule has 0 unspecified atom stereocenters. The van der Waals surface area contributed by atoms with E-state index in [1.165, 1.54) is 10.4 Å². The van der Waals surface area contributed by atoms with Gasteiger partial charge in [0.25, 0.3) is 0 Å². The molecule has 0 spiro atoms. The highest BCUT2D eigenvalue weighted by Crippen LogP contribution is 2.21. The zero-order chi connectivity index (χ0) is 15.6. The summed E-state index contributed by atoms with van der Waals surface area (Å²) in [5.41, 5.74) is 3.24. The third kappa shape index (κ3) is 3.64. The fraction of sp³-hybridized carbons (Fsp3) is 0.250. The number of rotatable bonds is 4. The second-order valence-corrected chi connectivity index (χ2v) is 7.63. The third-order valence-corrected chi connectivity index (χ3v) is 5.43. The van der Waals surface area contributed by atoms with Gasteiger partial charge in [0.1, 0.15) is 0 Å². The van der Waals surface area contributed by atoms with E-state index in [-0.39, 0.29) is 4.90 Å². The minimum atomic E-state index is -3.54. The maximum atomic E-state index is 12.5. The molecule has 0 fully saturated rings. The van der Waals surface area contributed by atoms with Crippen LogP contribution >= 0.6 is 11.6 Å². The SMILES string of the molecule is Cc1ccc(CN(C)S(=O)(=O)c2cccc(Cl)c2)c(C)c1. The van der Waals surface area contributed by atoms with Crippen LogP contribution in [0.15, 0.2) is 47.4 Å². The van der Waals surface area contributed by atoms with Crippen molar-refractivity contribution >= 4 is 21.6 Å². The first-order chi connectivity index (χ1) is 9.80. The lowest BCUT2D eigenvalue weighted by Gasteiger charge is -2.19. The predicted octanol–water partition coefficient (Wildman–Crippen LogP) is 3.78. The molecule has 0 atom stereocenters. The molecular weight excluding hydrogens is 306 g/mol. The van der Waals surface area contributed by atoms with E-state index in [4.69, 9.17) is 11.6 Å². The van der Waals surface area contributed by atoms with Gasteiger partial charge in [0.2, 0.25) is 10.0 Å². The number of aryl methyl sites for hydroxylation is 2. The number of hydrogen-bond donors (Lipinski definition) is 0. The Labute approximate surface area is 131 Å². The van der Waals surface area contributed by atoms with E-state index in [1.807, 2.05) is 26.0 Å². The molecule has 5 heteroatoms. The fourth-order valence-electron chi connectivity index (χ4n) is 2.16. The average molecular weight is 324 g/mol. The molecule has 2 aromatic rings. The predicted molar refractivity (Wildman–Crippen MR) is 86.0 cm³/mol. The quantitative estimate of drug-likeness (QED) is 0.858. The summed E-state index contributed by atoms with van der Waals surface area (Å²) in [4.78, 5) is 0.210. The highest BCUT2D eigenvalue weighted by atomic mass is 35.5. The minimum Gasteiger partial charge on any atom is -0.207 e. The maximum Gasteiger partial charge on any atom is 0.243 e. The normalized spacial score (nSPS) is 11.9. The Bertz CT molecular complexity index is 757. The summed E-state index contributed by atoms with van der Waals surface area (Å²) in [5, 5.41) is 0.413. The molecule has 0 N–H and O–H groups in total. The van der Waals surface area contributed by atoms with E-state index in [0.29, 0.717) is 11.6 Å². The van der Waals surface area contributed by atoms with Crippen molar-refractivity contribution in [3.8, 4) is 0 Å². The lowest BCUT2D eigenvalue weighted by atomic mass is 10.1. The van der Waals surface area contributed by atoms with Crippen molar-refractivity contribution in [1.29, 1.82) is 0 Å². The Kier molecular flexibility index (Phi) is 4.71. The first-order valence-corrected chi connectivity index (χ1v) is 8.40. The summed E-state index contributed by atoms with van der Waals surface area (Å²) in [5.74, 6) is 0. The van der Waals surface area contributed by atoms with Crippen molar-refractivity contribution in [3.63, 3.8) is 0 Å². The van der Waals surface area contributed by atoms with Crippen LogP contribution in [0.25, 0.3) is 0 Å². The molecule has 0 amide bonds. The third-order valence-electron chi connectivity index (χ3n) is 3.40. The lowest BCUT2D eigenvalue weighted by Crippen LogP contribution is -2.26. The standard InChI is InChI=1S/C16H18ClNO2S/c1-12-7-8-14(13(2)9-12)11-18(3)21(19,20)16-6-4-5-15(17)10-16/h4-10H,11H2,1-3H3. The molecule has 21 heavy (non-hydrogen) atoms. The second kappa shape index (κ2) is 6.18. The largest absolute Gasteiger partial charge is 0.243 e. The van der Waals surface area contributed by atoms with Crippen molar-refractivity contribution < 1.29 is 8.42 Å². The van der Waals surface area contributed by atoms with Gasteiger partial charge in [-0.2, -0.15) is 4.31 Å². The van der Waals surface area contributed by atoms with Crippen LogP contribution in [0.3, 0.4) is 0 Å². The van der Waals surface area contributed by atoms with Crippen LogP contribution < -0.4 is 0 Å². The zero-order valence-electron chi connectivity index (χ0n) is 12.3. The topological polar surface area (TPSA) is 37.4 Å². The molecule has 0 aliphatic rings. The van der Waals surface area contributed by atoms with Gasteiger partial charge in [-0.05, 0) is 43.2 Å². The molecule has 0 saturated carbocycles. The average Bonchev–Trinajstić information content (AvgIpc) is 2.41. The highest BCUT2D eigenvalue weighted by molar-refractivity contribution is 7.89. The van der Waals surface area contributed by atoms with Gasteiger partial charge in [-0.3, -0.25) is 0 Å². The lowest BCUT2D eigenvalue weighted by molar-refractivity contribution is 0.466. The van der Waals surface area contributed by atoms with Crippen molar-refractivity contribution in [1.82, 2.24) is 4.31 Å². The number of halogens is 1. The van der Waals surface area contributed by atoms with Gasteiger partial charge in [0.15, 0.2) is 0 Å². The number of sulfonamides is 1. The van der Waals surface area contributed by atoms with Crippen LogP contribution in [0.4, 0.5) is 0 Å². The van der Waals surface area contributed by atoms with E-state index in [0.717, 1.165) is 16.7 Å². The zero-order valence-corrected chi connectivity index (χ0v) is 13.9. The first kappa shape index (κ1) is 16.0. The molecule has 0 aliphatic heterocycles. The van der Waals surface area contributed by atoms with Gasteiger partial charge in [0, 0.05) is 18.6 Å². The summed E-state index contributed by atoms with van der Waals surface area (Å²) >= 11 is 5.88. The van der Waals surface area contributed by atoms with Gasteiger partial charge in [-0.1, -0.05) is 41.4 Å². The van der Waals surface area contributed by atoms with Crippen LogP contribution in [-0.2, 0) is 16.6 Å². The minimum absolute atomic E-state index is 0.210. The molecule has 2 aromatic carbocycles. The van der Waals surface area contributed by atoms with E-state index >= 15 is 0 Å². The van der Waals surface area contributed by atoms with Crippen LogP contribution in [0, 0.1) is 13.8 Å². The van der Waals surface area contributed by atoms with Gasteiger partial charge >= 0.3 is 0 Å². The van der Waals surface area contributed by atoms with Gasteiger partial charge < -0.3 is 0 Å². The van der Waals surface area contributed by atoms with Crippen molar-refractivity contribution in [2.75, 3.05) is 7.05 Å². The van der Waals surface area contributed by atoms with Crippen molar-refractivity contribution in [2.24, 2.45) is 0 Å². The molecule has 0 aliphatic carbocycles. The van der Waals surface area contributed by atoms with Gasteiger partial charge in [0.05, 0.1) is 4.90 Å². The smallest absolute Gasteiger partial charge is 0.207 e. The molecule has 0 saturated heterocycles. The second-order valence-electron chi connectivity index (χ2n) is 5.15. The Morgan fingerprint density at radius 3 is 2.43 bits per heavy atom. The number of benzene rings is 2. The Hall–Kier alpha value is -1.36. The van der Waals surface area contributed by atoms with E-state index in [1.54, 1.807) is 25.2 Å². The van der Waals surface area contributed by atoms with Crippen molar-refractivity contribution in [2.45, 2.75) is 25.3 Å². The number of nitrogens with zero attached hydrogens (tertiary/aromatic N) is 1. The molecular formula is C16H18ClNO2S. The van der Waals surface area contributed by atoms with Crippen LogP contribution in [0.2, 0.25) is 5.02 Å². The van der Waals surface area contributed by atoms with Crippen LogP contribution in [-0.4, -0.2) is 19.8 Å². The van der Waals surface area contributed by atoms with Crippen molar-refractivity contribution in [3.05, 3.63) is 64.2 Å². The van der Waals surface area contributed by atoms with Gasteiger partial charge in [-0.25, -0.2) is 8.42 Å². The molecule has 112 valence electrons. The molecule has 2 rings (SSSR count). The van der Waals surface area contributed by atoms with Gasteiger partial charge in [-0.15, -0.1) is 0 Å². The van der Waals surface area contributed by atoms with Crippen LogP contribution in [0.1, 0.15) is 16.7 Å². The van der Waals surface area contributed by atoms with E-state index in [9.17, 15) is 8.42 Å². The van der Waals surface area contributed by atoms with Crippen LogP contribution in [0.5, 0.6) is 0 Å². The Balaban J connectivity index is 2.28. The van der Waals surface area contributed by atoms with E-state index in [2.05, 4.69) is 6.07 Å². The Morgan fingerprint density at radius 1 is 1.10 bits per heavy atom.